The van der Waals surface area contributed by atoms with Crippen molar-refractivity contribution in [3.63, 3.8) is 0 Å². The molecule has 0 unspecified atom stereocenters. The van der Waals surface area contributed by atoms with E-state index >= 15 is 0 Å². The van der Waals surface area contributed by atoms with Crippen LogP contribution < -0.4 is 0 Å². The van der Waals surface area contributed by atoms with Crippen LogP contribution in [-0.4, -0.2) is 32.8 Å². The first kappa shape index (κ1) is 12.5. The minimum absolute atomic E-state index is 0.140. The molecule has 5 nitrogen and oxygen atoms in total. The summed E-state index contributed by atoms with van der Waals surface area (Å²) < 4.78 is 13.8. The fraction of sp³-hybridized carbons (Fsp3) is 0.556. The summed E-state index contributed by atoms with van der Waals surface area (Å²) in [6.45, 7) is 2.19. The first-order valence-electron chi connectivity index (χ1n) is 4.11. The van der Waals surface area contributed by atoms with Crippen LogP contribution in [0.3, 0.4) is 0 Å². The van der Waals surface area contributed by atoms with Crippen LogP contribution in [0, 0.1) is 0 Å². The Morgan fingerprint density at radius 1 is 1.21 bits per heavy atom. The Balaban J connectivity index is 4.39. The van der Waals surface area contributed by atoms with Gasteiger partial charge in [0.1, 0.15) is 0 Å². The van der Waals surface area contributed by atoms with Crippen molar-refractivity contribution < 1.29 is 23.8 Å². The molecule has 0 fully saturated rings. The molecule has 0 spiro atoms. The van der Waals surface area contributed by atoms with Crippen molar-refractivity contribution in [2.45, 2.75) is 13.3 Å². The maximum atomic E-state index is 11.1. The Kier molecular flexibility index (Phi) is 6.19. The minimum Gasteiger partial charge on any atom is -0.501 e. The summed E-state index contributed by atoms with van der Waals surface area (Å²) in [4.78, 5) is 22.0. The molecule has 0 aromatic carbocycles. The molecule has 0 N–H and O–H groups in total. The van der Waals surface area contributed by atoms with Gasteiger partial charge in [-0.15, -0.1) is 0 Å². The van der Waals surface area contributed by atoms with Crippen molar-refractivity contribution in [2.75, 3.05) is 20.8 Å². The highest BCUT2D eigenvalue weighted by Gasteiger charge is 2.15. The average molecular weight is 202 g/mol. The number of rotatable bonds is 5. The van der Waals surface area contributed by atoms with Gasteiger partial charge in [0.25, 0.3) is 0 Å². The summed E-state index contributed by atoms with van der Waals surface area (Å²) in [5.41, 5.74) is 0.140. The second-order valence-corrected chi connectivity index (χ2v) is 2.34. The van der Waals surface area contributed by atoms with Crippen LogP contribution in [0.4, 0.5) is 0 Å². The van der Waals surface area contributed by atoms with Crippen molar-refractivity contribution in [3.05, 3.63) is 11.8 Å². The second kappa shape index (κ2) is 6.94. The minimum atomic E-state index is -0.594. The molecule has 0 heterocycles. The number of ether oxygens (including phenoxy) is 3. The van der Waals surface area contributed by atoms with Crippen LogP contribution in [0.25, 0.3) is 0 Å². The monoisotopic (exact) mass is 202 g/mol. The zero-order chi connectivity index (χ0) is 11.0. The topological polar surface area (TPSA) is 61.8 Å². The lowest BCUT2D eigenvalue weighted by Gasteiger charge is -2.04. The SMILES string of the molecule is CCOC=C(CC(=O)OC)C(=O)OC. The van der Waals surface area contributed by atoms with Gasteiger partial charge < -0.3 is 14.2 Å². The number of carbonyl (C=O) groups excluding carboxylic acids is 2. The van der Waals surface area contributed by atoms with E-state index in [-0.39, 0.29) is 12.0 Å². The van der Waals surface area contributed by atoms with Crippen molar-refractivity contribution in [1.82, 2.24) is 0 Å². The number of hydrogen-bond donors (Lipinski definition) is 0. The number of hydrogen-bond acceptors (Lipinski definition) is 5. The van der Waals surface area contributed by atoms with Crippen LogP contribution in [0.15, 0.2) is 11.8 Å². The largest absolute Gasteiger partial charge is 0.501 e. The normalized spacial score (nSPS) is 10.6. The third-order valence-electron chi connectivity index (χ3n) is 1.40. The summed E-state index contributed by atoms with van der Waals surface area (Å²) in [7, 11) is 2.48. The van der Waals surface area contributed by atoms with Crippen LogP contribution in [-0.2, 0) is 23.8 Å². The van der Waals surface area contributed by atoms with E-state index in [0.717, 1.165) is 0 Å². The highest BCUT2D eigenvalue weighted by Crippen LogP contribution is 2.05. The quantitative estimate of drug-likeness (QED) is 0.372. The molecule has 0 radical (unpaired) electrons. The van der Waals surface area contributed by atoms with Gasteiger partial charge in [0.2, 0.25) is 0 Å². The molecule has 0 aromatic heterocycles. The molecule has 0 saturated heterocycles. The molecular formula is C9H14O5. The Hall–Kier alpha value is -1.52. The van der Waals surface area contributed by atoms with Crippen molar-refractivity contribution in [3.8, 4) is 0 Å². The predicted octanol–water partition coefficient (Wildman–Crippen LogP) is 0.643. The van der Waals surface area contributed by atoms with E-state index in [1.165, 1.54) is 20.5 Å². The molecule has 0 aliphatic carbocycles. The van der Waals surface area contributed by atoms with E-state index in [2.05, 4.69) is 9.47 Å². The third kappa shape index (κ3) is 4.49. The lowest BCUT2D eigenvalue weighted by molar-refractivity contribution is -0.143. The first-order valence-corrected chi connectivity index (χ1v) is 4.11. The third-order valence-corrected chi connectivity index (χ3v) is 1.40. The van der Waals surface area contributed by atoms with Crippen LogP contribution >= 0.6 is 0 Å². The van der Waals surface area contributed by atoms with Gasteiger partial charge in [-0.25, -0.2) is 4.79 Å². The lowest BCUT2D eigenvalue weighted by Crippen LogP contribution is -2.11. The fourth-order valence-electron chi connectivity index (χ4n) is 0.705. The van der Waals surface area contributed by atoms with Crippen molar-refractivity contribution in [2.24, 2.45) is 0 Å². The molecule has 0 saturated carbocycles. The van der Waals surface area contributed by atoms with Gasteiger partial charge >= 0.3 is 11.9 Å². The van der Waals surface area contributed by atoms with E-state index in [4.69, 9.17) is 4.74 Å². The van der Waals surface area contributed by atoms with Gasteiger partial charge in [-0.05, 0) is 6.92 Å². The highest BCUT2D eigenvalue weighted by molar-refractivity contribution is 5.93. The van der Waals surface area contributed by atoms with Gasteiger partial charge in [0, 0.05) is 0 Å². The van der Waals surface area contributed by atoms with Crippen LogP contribution in [0.1, 0.15) is 13.3 Å². The zero-order valence-electron chi connectivity index (χ0n) is 8.53. The Bertz CT molecular complexity index is 231. The lowest BCUT2D eigenvalue weighted by atomic mass is 10.2. The molecule has 0 aliphatic heterocycles. The van der Waals surface area contributed by atoms with E-state index in [0.29, 0.717) is 6.61 Å². The van der Waals surface area contributed by atoms with Gasteiger partial charge in [-0.3, -0.25) is 4.79 Å². The maximum absolute atomic E-state index is 11.1. The number of carbonyl (C=O) groups is 2. The van der Waals surface area contributed by atoms with E-state index in [1.54, 1.807) is 6.92 Å². The summed E-state index contributed by atoms with van der Waals surface area (Å²) in [5, 5.41) is 0. The first-order chi connectivity index (χ1) is 6.65. The summed E-state index contributed by atoms with van der Waals surface area (Å²) in [6, 6.07) is 0. The average Bonchev–Trinajstić information content (AvgIpc) is 2.22. The fourth-order valence-corrected chi connectivity index (χ4v) is 0.705. The molecule has 0 rings (SSSR count). The van der Waals surface area contributed by atoms with Crippen molar-refractivity contribution in [1.29, 1.82) is 0 Å². The van der Waals surface area contributed by atoms with Gasteiger partial charge in [-0.1, -0.05) is 0 Å². The standard InChI is InChI=1S/C9H14O5/c1-4-14-6-7(9(11)13-3)5-8(10)12-2/h6H,4-5H2,1-3H3. The Morgan fingerprint density at radius 3 is 2.29 bits per heavy atom. The highest BCUT2D eigenvalue weighted by atomic mass is 16.5. The Morgan fingerprint density at radius 2 is 1.86 bits per heavy atom. The van der Waals surface area contributed by atoms with E-state index < -0.39 is 11.9 Å². The molecule has 0 atom stereocenters. The zero-order valence-corrected chi connectivity index (χ0v) is 8.53. The predicted molar refractivity (Wildman–Crippen MR) is 48.4 cm³/mol. The summed E-state index contributed by atoms with van der Waals surface area (Å²) >= 11 is 0. The van der Waals surface area contributed by atoms with E-state index in [9.17, 15) is 9.59 Å². The summed E-state index contributed by atoms with van der Waals surface area (Å²) in [6.07, 6.45) is 1.06. The smallest absolute Gasteiger partial charge is 0.337 e. The molecule has 0 bridgehead atoms. The van der Waals surface area contributed by atoms with Crippen molar-refractivity contribution >= 4 is 11.9 Å². The van der Waals surface area contributed by atoms with Gasteiger partial charge in [-0.2, -0.15) is 0 Å². The number of methoxy groups -OCH3 is 2. The Labute approximate surface area is 82.6 Å². The molecule has 5 heteroatoms. The van der Waals surface area contributed by atoms with Gasteiger partial charge in [0.15, 0.2) is 0 Å². The molecule has 0 aromatic rings. The second-order valence-electron chi connectivity index (χ2n) is 2.34. The van der Waals surface area contributed by atoms with Crippen LogP contribution in [0.2, 0.25) is 0 Å². The van der Waals surface area contributed by atoms with Gasteiger partial charge in [0.05, 0.1) is 39.1 Å². The molecule has 0 aliphatic rings. The maximum Gasteiger partial charge on any atom is 0.337 e. The molecular weight excluding hydrogens is 188 g/mol. The molecule has 0 amide bonds. The molecule has 80 valence electrons. The molecule has 14 heavy (non-hydrogen) atoms. The van der Waals surface area contributed by atoms with E-state index in [1.807, 2.05) is 0 Å². The van der Waals surface area contributed by atoms with Crippen LogP contribution in [0.5, 0.6) is 0 Å². The summed E-state index contributed by atoms with van der Waals surface area (Å²) in [5.74, 6) is -1.11. The number of esters is 2.